The third-order valence-corrected chi connectivity index (χ3v) is 5.58. The van der Waals surface area contributed by atoms with Crippen molar-refractivity contribution in [1.82, 2.24) is 4.90 Å². The first-order valence-corrected chi connectivity index (χ1v) is 10.5. The summed E-state index contributed by atoms with van der Waals surface area (Å²) in [5.41, 5.74) is 4.45. The lowest BCUT2D eigenvalue weighted by molar-refractivity contribution is -0.120. The van der Waals surface area contributed by atoms with E-state index in [9.17, 15) is 9.59 Å². The number of likely N-dealkylation sites (N-methyl/N-ethyl adjacent to an activating group) is 1. The summed E-state index contributed by atoms with van der Waals surface area (Å²) >= 11 is 0. The van der Waals surface area contributed by atoms with Crippen LogP contribution in [0.4, 0.5) is 5.69 Å². The first kappa shape index (κ1) is 20.6. The molecule has 0 fully saturated rings. The van der Waals surface area contributed by atoms with Crippen molar-refractivity contribution in [2.45, 2.75) is 26.3 Å². The van der Waals surface area contributed by atoms with Crippen LogP contribution in [0.1, 0.15) is 36.5 Å². The van der Waals surface area contributed by atoms with Gasteiger partial charge < -0.3 is 4.90 Å². The lowest BCUT2D eigenvalue weighted by atomic mass is 10.0. The van der Waals surface area contributed by atoms with E-state index in [1.54, 1.807) is 0 Å². The second-order valence-electron chi connectivity index (χ2n) is 8.12. The summed E-state index contributed by atoms with van der Waals surface area (Å²) < 4.78 is 0. The number of hydrogen-bond acceptors (Lipinski definition) is 3. The second-order valence-corrected chi connectivity index (χ2v) is 8.12. The Labute approximate surface area is 183 Å². The van der Waals surface area contributed by atoms with E-state index >= 15 is 0 Å². The van der Waals surface area contributed by atoms with Crippen LogP contribution in [-0.4, -0.2) is 23.8 Å². The van der Waals surface area contributed by atoms with Gasteiger partial charge in [0.2, 0.25) is 0 Å². The molecule has 3 aromatic rings. The van der Waals surface area contributed by atoms with E-state index in [1.807, 2.05) is 96.9 Å². The second kappa shape index (κ2) is 8.60. The van der Waals surface area contributed by atoms with Crippen molar-refractivity contribution in [3.63, 3.8) is 0 Å². The first-order chi connectivity index (χ1) is 15.0. The highest BCUT2D eigenvalue weighted by Crippen LogP contribution is 2.35. The van der Waals surface area contributed by atoms with Gasteiger partial charge >= 0.3 is 0 Å². The topological polar surface area (TPSA) is 40.6 Å². The molecule has 0 spiro atoms. The molecule has 0 N–H and O–H groups in total. The number of anilines is 1. The molecular weight excluding hydrogens is 384 g/mol. The summed E-state index contributed by atoms with van der Waals surface area (Å²) in [6.45, 7) is 4.77. The molecule has 3 aromatic carbocycles. The number of hydrogen-bond donors (Lipinski definition) is 0. The third-order valence-electron chi connectivity index (χ3n) is 5.58. The van der Waals surface area contributed by atoms with E-state index < -0.39 is 0 Å². The first-order valence-electron chi connectivity index (χ1n) is 10.5. The highest BCUT2D eigenvalue weighted by Gasteiger charge is 2.41. The Morgan fingerprint density at radius 1 is 0.774 bits per heavy atom. The zero-order valence-electron chi connectivity index (χ0n) is 18.1. The van der Waals surface area contributed by atoms with Crippen molar-refractivity contribution in [3.8, 4) is 0 Å². The van der Waals surface area contributed by atoms with Crippen LogP contribution in [0.5, 0.6) is 0 Å². The number of benzene rings is 3. The van der Waals surface area contributed by atoms with E-state index in [4.69, 9.17) is 0 Å². The van der Waals surface area contributed by atoms with Crippen LogP contribution in [0.2, 0.25) is 0 Å². The SMILES string of the molecule is CC(C)c1ccc(N2C(=O)C(c3ccccc3)=C(N(C)Cc3ccccc3)C2=O)cc1. The van der Waals surface area contributed by atoms with E-state index in [-0.39, 0.29) is 11.8 Å². The van der Waals surface area contributed by atoms with Gasteiger partial charge in [-0.1, -0.05) is 86.6 Å². The number of carbonyl (C=O) groups is 2. The fraction of sp³-hybridized carbons (Fsp3) is 0.185. The Balaban J connectivity index is 1.75. The minimum Gasteiger partial charge on any atom is -0.365 e. The number of imide groups is 1. The zero-order valence-corrected chi connectivity index (χ0v) is 18.1. The molecule has 1 heterocycles. The highest BCUT2D eigenvalue weighted by atomic mass is 16.2. The predicted molar refractivity (Wildman–Crippen MR) is 124 cm³/mol. The Morgan fingerprint density at radius 3 is 1.94 bits per heavy atom. The van der Waals surface area contributed by atoms with Crippen LogP contribution < -0.4 is 4.90 Å². The van der Waals surface area contributed by atoms with Crippen LogP contribution in [0.3, 0.4) is 0 Å². The molecule has 0 aromatic heterocycles. The van der Waals surface area contributed by atoms with Gasteiger partial charge in [-0.05, 0) is 34.7 Å². The minimum absolute atomic E-state index is 0.289. The largest absolute Gasteiger partial charge is 0.365 e. The summed E-state index contributed by atoms with van der Waals surface area (Å²) in [7, 11) is 1.86. The summed E-state index contributed by atoms with van der Waals surface area (Å²) in [5.74, 6) is -0.201. The Bertz CT molecular complexity index is 1120. The van der Waals surface area contributed by atoms with Crippen LogP contribution in [0.25, 0.3) is 5.57 Å². The van der Waals surface area contributed by atoms with Crippen molar-refractivity contribution in [2.75, 3.05) is 11.9 Å². The Kier molecular flexibility index (Phi) is 5.72. The molecule has 4 rings (SSSR count). The summed E-state index contributed by atoms with van der Waals surface area (Å²) in [6, 6.07) is 27.0. The maximum Gasteiger partial charge on any atom is 0.282 e. The maximum atomic E-state index is 13.6. The molecule has 0 aliphatic carbocycles. The summed E-state index contributed by atoms with van der Waals surface area (Å²) in [6.07, 6.45) is 0. The molecule has 1 aliphatic rings. The van der Waals surface area contributed by atoms with Crippen molar-refractivity contribution < 1.29 is 9.59 Å². The fourth-order valence-electron chi connectivity index (χ4n) is 3.92. The van der Waals surface area contributed by atoms with Gasteiger partial charge in [0.15, 0.2) is 0 Å². The third kappa shape index (κ3) is 4.02. The molecule has 156 valence electrons. The lowest BCUT2D eigenvalue weighted by Crippen LogP contribution is -2.34. The van der Waals surface area contributed by atoms with E-state index in [2.05, 4.69) is 13.8 Å². The maximum absolute atomic E-state index is 13.6. The van der Waals surface area contributed by atoms with E-state index in [1.165, 1.54) is 10.5 Å². The number of amides is 2. The van der Waals surface area contributed by atoms with Gasteiger partial charge in [0.25, 0.3) is 11.8 Å². The molecular formula is C27H26N2O2. The zero-order chi connectivity index (χ0) is 22.0. The average molecular weight is 411 g/mol. The van der Waals surface area contributed by atoms with Crippen molar-refractivity contribution in [2.24, 2.45) is 0 Å². The molecule has 0 radical (unpaired) electrons. The van der Waals surface area contributed by atoms with E-state index in [0.717, 1.165) is 11.1 Å². The normalized spacial score (nSPS) is 14.0. The van der Waals surface area contributed by atoms with Gasteiger partial charge in [-0.2, -0.15) is 0 Å². The number of rotatable bonds is 6. The summed E-state index contributed by atoms with van der Waals surface area (Å²) in [4.78, 5) is 30.2. The number of carbonyl (C=O) groups excluding carboxylic acids is 2. The molecule has 4 heteroatoms. The van der Waals surface area contributed by atoms with Gasteiger partial charge in [0.05, 0.1) is 11.3 Å². The molecule has 0 unspecified atom stereocenters. The summed E-state index contributed by atoms with van der Waals surface area (Å²) in [5, 5.41) is 0. The molecule has 0 bridgehead atoms. The van der Waals surface area contributed by atoms with Crippen LogP contribution in [0, 0.1) is 0 Å². The van der Waals surface area contributed by atoms with E-state index in [0.29, 0.717) is 29.4 Å². The Hall–Kier alpha value is -3.66. The van der Waals surface area contributed by atoms with Gasteiger partial charge in [0.1, 0.15) is 5.70 Å². The monoisotopic (exact) mass is 410 g/mol. The van der Waals surface area contributed by atoms with Gasteiger partial charge in [-0.25, -0.2) is 4.90 Å². The number of nitrogens with zero attached hydrogens (tertiary/aromatic N) is 2. The molecule has 4 nitrogen and oxygen atoms in total. The van der Waals surface area contributed by atoms with Crippen molar-refractivity contribution >= 4 is 23.1 Å². The van der Waals surface area contributed by atoms with Crippen LogP contribution >= 0.6 is 0 Å². The standard InChI is InChI=1S/C27H26N2O2/c1-19(2)21-14-16-23(17-15-21)29-26(30)24(22-12-8-5-9-13-22)25(27(29)31)28(3)18-20-10-6-4-7-11-20/h4-17,19H,18H2,1-3H3. The van der Waals surface area contributed by atoms with Crippen LogP contribution in [0.15, 0.2) is 90.6 Å². The quantitative estimate of drug-likeness (QED) is 0.523. The Morgan fingerprint density at radius 2 is 1.35 bits per heavy atom. The lowest BCUT2D eigenvalue weighted by Gasteiger charge is -2.22. The van der Waals surface area contributed by atoms with Crippen LogP contribution in [-0.2, 0) is 16.1 Å². The van der Waals surface area contributed by atoms with Crippen molar-refractivity contribution in [3.05, 3.63) is 107 Å². The van der Waals surface area contributed by atoms with Gasteiger partial charge in [-0.3, -0.25) is 9.59 Å². The molecule has 31 heavy (non-hydrogen) atoms. The molecule has 0 saturated carbocycles. The molecule has 0 atom stereocenters. The molecule has 1 aliphatic heterocycles. The van der Waals surface area contributed by atoms with Crippen molar-refractivity contribution in [1.29, 1.82) is 0 Å². The fourth-order valence-corrected chi connectivity index (χ4v) is 3.92. The average Bonchev–Trinajstić information content (AvgIpc) is 3.05. The minimum atomic E-state index is -0.292. The van der Waals surface area contributed by atoms with Gasteiger partial charge in [0, 0.05) is 13.6 Å². The smallest absolute Gasteiger partial charge is 0.282 e. The predicted octanol–water partition coefficient (Wildman–Crippen LogP) is 5.23. The molecule has 2 amide bonds. The molecule has 0 saturated heterocycles. The highest BCUT2D eigenvalue weighted by molar-refractivity contribution is 6.45. The van der Waals surface area contributed by atoms with Gasteiger partial charge in [-0.15, -0.1) is 0 Å².